The third kappa shape index (κ3) is 4.51. The van der Waals surface area contributed by atoms with Crippen LogP contribution in [0.5, 0.6) is 0 Å². The molecule has 1 aromatic rings. The van der Waals surface area contributed by atoms with Crippen molar-refractivity contribution >= 4 is 23.4 Å². The van der Waals surface area contributed by atoms with Gasteiger partial charge >= 0.3 is 0 Å². The summed E-state index contributed by atoms with van der Waals surface area (Å²) in [4.78, 5) is 0. The van der Waals surface area contributed by atoms with Crippen LogP contribution in [0.1, 0.15) is 18.1 Å². The number of aliphatic hydroxyl groups excluding tert-OH is 1. The summed E-state index contributed by atoms with van der Waals surface area (Å²) in [6.45, 7) is 5.11. The summed E-state index contributed by atoms with van der Waals surface area (Å²) >= 11 is 7.67. The normalized spacial score (nSPS) is 14.6. The third-order valence-electron chi connectivity index (χ3n) is 2.89. The quantitative estimate of drug-likeness (QED) is 0.836. The predicted octanol–water partition coefficient (Wildman–Crippen LogP) is 2.85. The van der Waals surface area contributed by atoms with Gasteiger partial charge in [-0.1, -0.05) is 23.7 Å². The molecule has 0 aliphatic heterocycles. The first kappa shape index (κ1) is 14.8. The zero-order valence-corrected chi connectivity index (χ0v) is 12.1. The van der Waals surface area contributed by atoms with E-state index in [1.165, 1.54) is 5.56 Å². The summed E-state index contributed by atoms with van der Waals surface area (Å²) < 4.78 is 0. The smallest absolute Gasteiger partial charge is 0.0564 e. The topological polar surface area (TPSA) is 32.3 Å². The van der Waals surface area contributed by atoms with Gasteiger partial charge in [0.15, 0.2) is 0 Å². The van der Waals surface area contributed by atoms with E-state index in [1.807, 2.05) is 25.3 Å². The summed E-state index contributed by atoms with van der Waals surface area (Å²) in [7, 11) is 0. The Hall–Kier alpha value is -0.220. The molecule has 0 aliphatic carbocycles. The van der Waals surface area contributed by atoms with Crippen molar-refractivity contribution in [1.29, 1.82) is 0 Å². The highest BCUT2D eigenvalue weighted by Crippen LogP contribution is 2.17. The van der Waals surface area contributed by atoms with Crippen LogP contribution >= 0.6 is 23.4 Å². The Balaban J connectivity index is 2.52. The van der Waals surface area contributed by atoms with Crippen LogP contribution in [0.25, 0.3) is 0 Å². The zero-order valence-electron chi connectivity index (χ0n) is 10.5. The van der Waals surface area contributed by atoms with E-state index in [-0.39, 0.29) is 17.9 Å². The van der Waals surface area contributed by atoms with Crippen molar-refractivity contribution in [2.75, 3.05) is 12.9 Å². The van der Waals surface area contributed by atoms with Gasteiger partial charge in [-0.15, -0.1) is 0 Å². The molecule has 2 N–H and O–H groups in total. The number of hydrogen-bond donors (Lipinski definition) is 2. The SMILES string of the molecule is CSC(CO)C(C)NCc1ccc(Cl)c(C)c1. The molecule has 0 fully saturated rings. The molecule has 0 heterocycles. The number of benzene rings is 1. The molecule has 1 aromatic carbocycles. The molecule has 2 atom stereocenters. The number of thioether (sulfide) groups is 1. The highest BCUT2D eigenvalue weighted by atomic mass is 35.5. The molecular formula is C13H20ClNOS. The second-order valence-corrected chi connectivity index (χ2v) is 5.69. The zero-order chi connectivity index (χ0) is 12.8. The van der Waals surface area contributed by atoms with Crippen molar-refractivity contribution in [3.05, 3.63) is 34.3 Å². The van der Waals surface area contributed by atoms with Crippen LogP contribution in [0.2, 0.25) is 5.02 Å². The van der Waals surface area contributed by atoms with Crippen LogP contribution in [0.3, 0.4) is 0 Å². The maximum Gasteiger partial charge on any atom is 0.0564 e. The fraction of sp³-hybridized carbons (Fsp3) is 0.538. The molecule has 0 radical (unpaired) electrons. The van der Waals surface area contributed by atoms with Crippen LogP contribution in [0, 0.1) is 6.92 Å². The molecule has 0 amide bonds. The molecule has 2 unspecified atom stereocenters. The Bertz CT molecular complexity index is 355. The minimum absolute atomic E-state index is 0.203. The fourth-order valence-corrected chi connectivity index (χ4v) is 2.43. The molecule has 0 saturated heterocycles. The standard InChI is InChI=1S/C13H20ClNOS/c1-9-6-11(4-5-12(9)14)7-15-10(2)13(8-16)17-3/h4-6,10,13,15-16H,7-8H2,1-3H3. The van der Waals surface area contributed by atoms with Gasteiger partial charge in [0.25, 0.3) is 0 Å². The van der Waals surface area contributed by atoms with Gasteiger partial charge in [-0.05, 0) is 37.3 Å². The highest BCUT2D eigenvalue weighted by molar-refractivity contribution is 7.99. The largest absolute Gasteiger partial charge is 0.395 e. The van der Waals surface area contributed by atoms with Crippen molar-refractivity contribution in [2.45, 2.75) is 31.7 Å². The van der Waals surface area contributed by atoms with Gasteiger partial charge in [-0.2, -0.15) is 11.8 Å². The average molecular weight is 274 g/mol. The maximum atomic E-state index is 9.20. The average Bonchev–Trinajstić information content (AvgIpc) is 2.32. The summed E-state index contributed by atoms with van der Waals surface area (Å²) in [6, 6.07) is 6.33. The number of rotatable bonds is 6. The first-order chi connectivity index (χ1) is 8.08. The summed E-state index contributed by atoms with van der Waals surface area (Å²) in [6.07, 6.45) is 2.02. The summed E-state index contributed by atoms with van der Waals surface area (Å²) in [5, 5.41) is 13.7. The molecule has 4 heteroatoms. The van der Waals surface area contributed by atoms with Crippen LogP contribution in [0.4, 0.5) is 0 Å². The maximum absolute atomic E-state index is 9.20. The predicted molar refractivity (Wildman–Crippen MR) is 76.9 cm³/mol. The van der Waals surface area contributed by atoms with Crippen molar-refractivity contribution in [1.82, 2.24) is 5.32 Å². The number of aliphatic hydroxyl groups is 1. The molecule has 2 nitrogen and oxygen atoms in total. The lowest BCUT2D eigenvalue weighted by atomic mass is 10.1. The monoisotopic (exact) mass is 273 g/mol. The van der Waals surface area contributed by atoms with Crippen molar-refractivity contribution < 1.29 is 5.11 Å². The third-order valence-corrected chi connectivity index (χ3v) is 4.48. The molecule has 17 heavy (non-hydrogen) atoms. The molecule has 96 valence electrons. The first-order valence-electron chi connectivity index (χ1n) is 5.70. The number of halogens is 1. The Morgan fingerprint density at radius 1 is 1.47 bits per heavy atom. The van der Waals surface area contributed by atoms with Gasteiger partial charge in [-0.25, -0.2) is 0 Å². The van der Waals surface area contributed by atoms with E-state index >= 15 is 0 Å². The Labute approximate surface area is 113 Å². The summed E-state index contributed by atoms with van der Waals surface area (Å²) in [5.74, 6) is 0. The second-order valence-electron chi connectivity index (χ2n) is 4.21. The van der Waals surface area contributed by atoms with E-state index < -0.39 is 0 Å². The number of aryl methyl sites for hydroxylation is 1. The van der Waals surface area contributed by atoms with Crippen LogP contribution in [0.15, 0.2) is 18.2 Å². The van der Waals surface area contributed by atoms with E-state index in [1.54, 1.807) is 11.8 Å². The van der Waals surface area contributed by atoms with Crippen LogP contribution in [-0.4, -0.2) is 29.3 Å². The van der Waals surface area contributed by atoms with E-state index in [0.29, 0.717) is 0 Å². The van der Waals surface area contributed by atoms with Gasteiger partial charge in [0, 0.05) is 22.9 Å². The molecule has 0 spiro atoms. The first-order valence-corrected chi connectivity index (χ1v) is 7.37. The van der Waals surface area contributed by atoms with Gasteiger partial charge in [0.1, 0.15) is 0 Å². The van der Waals surface area contributed by atoms with Gasteiger partial charge < -0.3 is 10.4 Å². The Morgan fingerprint density at radius 3 is 2.71 bits per heavy atom. The lowest BCUT2D eigenvalue weighted by molar-refractivity contribution is 0.276. The Kier molecular flexibility index (Phi) is 6.34. The minimum Gasteiger partial charge on any atom is -0.395 e. The highest BCUT2D eigenvalue weighted by Gasteiger charge is 2.14. The van der Waals surface area contributed by atoms with Crippen LogP contribution in [-0.2, 0) is 6.54 Å². The van der Waals surface area contributed by atoms with Crippen molar-refractivity contribution in [3.63, 3.8) is 0 Å². The number of nitrogens with one attached hydrogen (secondary N) is 1. The Morgan fingerprint density at radius 2 is 2.18 bits per heavy atom. The van der Waals surface area contributed by atoms with E-state index in [0.717, 1.165) is 17.1 Å². The lowest BCUT2D eigenvalue weighted by Crippen LogP contribution is -2.37. The van der Waals surface area contributed by atoms with E-state index in [9.17, 15) is 5.11 Å². The summed E-state index contributed by atoms with van der Waals surface area (Å²) in [5.41, 5.74) is 2.32. The lowest BCUT2D eigenvalue weighted by Gasteiger charge is -2.21. The minimum atomic E-state index is 0.203. The molecule has 0 aliphatic rings. The molecule has 0 bridgehead atoms. The fourth-order valence-electron chi connectivity index (χ4n) is 1.66. The van der Waals surface area contributed by atoms with E-state index in [2.05, 4.69) is 18.3 Å². The molecule has 0 aromatic heterocycles. The molecule has 1 rings (SSSR count). The molecule has 0 saturated carbocycles. The van der Waals surface area contributed by atoms with Gasteiger partial charge in [-0.3, -0.25) is 0 Å². The van der Waals surface area contributed by atoms with Gasteiger partial charge in [0.05, 0.1) is 6.61 Å². The van der Waals surface area contributed by atoms with Crippen molar-refractivity contribution in [3.8, 4) is 0 Å². The second kappa shape index (κ2) is 7.27. The van der Waals surface area contributed by atoms with E-state index in [4.69, 9.17) is 11.6 Å². The van der Waals surface area contributed by atoms with Gasteiger partial charge in [0.2, 0.25) is 0 Å². The molecular weight excluding hydrogens is 254 g/mol. The van der Waals surface area contributed by atoms with Crippen molar-refractivity contribution in [2.24, 2.45) is 0 Å². The number of hydrogen-bond acceptors (Lipinski definition) is 3. The van der Waals surface area contributed by atoms with Crippen LogP contribution < -0.4 is 5.32 Å².